The maximum absolute atomic E-state index is 4.72. The van der Waals surface area contributed by atoms with E-state index in [0.717, 1.165) is 9.99 Å². The monoisotopic (exact) mass is 361 g/mol. The number of benzene rings is 2. The number of pyridine rings is 1. The molecular weight excluding hydrogens is 346 g/mol. The molecule has 0 saturated carbocycles. The van der Waals surface area contributed by atoms with Crippen LogP contribution >= 0.6 is 15.9 Å². The minimum absolute atomic E-state index is 0.615. The Morgan fingerprint density at radius 2 is 1.96 bits per heavy atom. The van der Waals surface area contributed by atoms with Crippen molar-refractivity contribution in [3.05, 3.63) is 70.3 Å². The average molecular weight is 362 g/mol. The Morgan fingerprint density at radius 3 is 2.83 bits per heavy atom. The lowest BCUT2D eigenvalue weighted by atomic mass is 9.65. The van der Waals surface area contributed by atoms with Gasteiger partial charge in [-0.3, -0.25) is 4.98 Å². The second kappa shape index (κ2) is 5.04. The summed E-state index contributed by atoms with van der Waals surface area (Å²) in [6, 6.07) is 15.2. The van der Waals surface area contributed by atoms with Crippen LogP contribution < -0.4 is 0 Å². The lowest BCUT2D eigenvalue weighted by Crippen LogP contribution is -2.20. The summed E-state index contributed by atoms with van der Waals surface area (Å²) in [7, 11) is 0. The highest BCUT2D eigenvalue weighted by atomic mass is 79.9. The second-order valence-corrected chi connectivity index (χ2v) is 7.35. The van der Waals surface area contributed by atoms with Crippen molar-refractivity contribution in [2.24, 2.45) is 0 Å². The lowest BCUT2D eigenvalue weighted by molar-refractivity contribution is 0.644. The number of rotatable bonds is 1. The van der Waals surface area contributed by atoms with Gasteiger partial charge in [0, 0.05) is 27.5 Å². The van der Waals surface area contributed by atoms with Crippen molar-refractivity contribution in [1.29, 1.82) is 0 Å². The SMILES string of the molecule is Brc1ccc(-c2c3c(cc4cccnc24)C2=CCCCC23)cc1. The number of hydrogen-bond acceptors (Lipinski definition) is 1. The molecule has 1 atom stereocenters. The van der Waals surface area contributed by atoms with E-state index in [4.69, 9.17) is 4.98 Å². The molecule has 0 saturated heterocycles. The first-order chi connectivity index (χ1) is 11.3. The summed E-state index contributed by atoms with van der Waals surface area (Å²) in [5, 5.41) is 1.24. The first-order valence-corrected chi connectivity index (χ1v) is 9.00. The minimum atomic E-state index is 0.615. The van der Waals surface area contributed by atoms with Crippen LogP contribution in [0.2, 0.25) is 0 Å². The zero-order valence-electron chi connectivity index (χ0n) is 12.7. The van der Waals surface area contributed by atoms with Crippen LogP contribution in [-0.4, -0.2) is 4.98 Å². The van der Waals surface area contributed by atoms with E-state index in [1.807, 2.05) is 12.3 Å². The van der Waals surface area contributed by atoms with E-state index in [0.29, 0.717) is 5.92 Å². The minimum Gasteiger partial charge on any atom is -0.256 e. The van der Waals surface area contributed by atoms with E-state index in [1.165, 1.54) is 46.9 Å². The maximum atomic E-state index is 4.72. The molecule has 0 spiro atoms. The Balaban J connectivity index is 1.86. The van der Waals surface area contributed by atoms with Crippen molar-refractivity contribution >= 4 is 32.4 Å². The van der Waals surface area contributed by atoms with E-state index in [1.54, 1.807) is 5.57 Å². The van der Waals surface area contributed by atoms with Gasteiger partial charge < -0.3 is 0 Å². The van der Waals surface area contributed by atoms with Crippen molar-refractivity contribution in [3.63, 3.8) is 0 Å². The van der Waals surface area contributed by atoms with Gasteiger partial charge in [-0.15, -0.1) is 0 Å². The fraction of sp³-hybridized carbons (Fsp3) is 0.190. The van der Waals surface area contributed by atoms with E-state index in [9.17, 15) is 0 Å². The predicted octanol–water partition coefficient (Wildman–Crippen LogP) is 6.33. The summed E-state index contributed by atoms with van der Waals surface area (Å²) >= 11 is 3.55. The third-order valence-electron chi connectivity index (χ3n) is 5.16. The third kappa shape index (κ3) is 1.94. The van der Waals surface area contributed by atoms with Crippen LogP contribution in [0.3, 0.4) is 0 Å². The normalized spacial score (nSPS) is 18.8. The first kappa shape index (κ1) is 13.5. The molecule has 2 aromatic carbocycles. The van der Waals surface area contributed by atoms with Crippen LogP contribution in [-0.2, 0) is 0 Å². The van der Waals surface area contributed by atoms with Crippen LogP contribution in [0.4, 0.5) is 0 Å². The van der Waals surface area contributed by atoms with Gasteiger partial charge in [0.1, 0.15) is 0 Å². The Morgan fingerprint density at radius 1 is 1.09 bits per heavy atom. The van der Waals surface area contributed by atoms with Crippen molar-refractivity contribution < 1.29 is 0 Å². The number of allylic oxidation sites excluding steroid dienone is 2. The molecule has 1 nitrogen and oxygen atoms in total. The molecule has 23 heavy (non-hydrogen) atoms. The lowest BCUT2D eigenvalue weighted by Gasteiger charge is -2.39. The highest BCUT2D eigenvalue weighted by Crippen LogP contribution is 2.56. The summed E-state index contributed by atoms with van der Waals surface area (Å²) in [4.78, 5) is 4.72. The van der Waals surface area contributed by atoms with E-state index in [2.05, 4.69) is 58.4 Å². The van der Waals surface area contributed by atoms with Crippen molar-refractivity contribution in [3.8, 4) is 11.1 Å². The molecule has 0 amide bonds. The molecule has 0 bridgehead atoms. The summed E-state index contributed by atoms with van der Waals surface area (Å²) in [5.41, 5.74) is 8.29. The van der Waals surface area contributed by atoms with Crippen LogP contribution in [0.1, 0.15) is 36.3 Å². The zero-order chi connectivity index (χ0) is 15.4. The van der Waals surface area contributed by atoms with Crippen LogP contribution in [0.5, 0.6) is 0 Å². The third-order valence-corrected chi connectivity index (χ3v) is 5.69. The number of fused-ring (bicyclic) bond motifs is 5. The topological polar surface area (TPSA) is 12.9 Å². The molecule has 112 valence electrons. The first-order valence-electron chi connectivity index (χ1n) is 8.21. The molecule has 5 rings (SSSR count). The standard InChI is InChI=1S/C21H16BrN/c22-15-9-7-13(8-10-15)19-20-17-6-2-1-5-16(17)18(20)12-14-4-3-11-23-21(14)19/h3-5,7-12,17H,1-2,6H2. The second-order valence-electron chi connectivity index (χ2n) is 6.44. The molecule has 2 aliphatic rings. The van der Waals surface area contributed by atoms with Crippen LogP contribution in [0.15, 0.2) is 59.2 Å². The largest absolute Gasteiger partial charge is 0.256 e. The molecule has 0 N–H and O–H groups in total. The molecular formula is C21H16BrN. The van der Waals surface area contributed by atoms with E-state index >= 15 is 0 Å². The number of aromatic nitrogens is 1. The molecule has 1 heterocycles. The van der Waals surface area contributed by atoms with E-state index in [-0.39, 0.29) is 0 Å². The van der Waals surface area contributed by atoms with Crippen LogP contribution in [0.25, 0.3) is 27.6 Å². The zero-order valence-corrected chi connectivity index (χ0v) is 14.3. The molecule has 1 unspecified atom stereocenters. The highest BCUT2D eigenvalue weighted by Gasteiger charge is 2.36. The van der Waals surface area contributed by atoms with Gasteiger partial charge >= 0.3 is 0 Å². The van der Waals surface area contributed by atoms with Gasteiger partial charge in [-0.25, -0.2) is 0 Å². The Labute approximate surface area is 144 Å². The van der Waals surface area contributed by atoms with Crippen molar-refractivity contribution in [2.45, 2.75) is 25.2 Å². The van der Waals surface area contributed by atoms with Crippen molar-refractivity contribution in [2.75, 3.05) is 0 Å². The molecule has 0 aliphatic heterocycles. The summed E-state index contributed by atoms with van der Waals surface area (Å²) in [6.07, 6.45) is 8.16. The van der Waals surface area contributed by atoms with Gasteiger partial charge in [-0.1, -0.05) is 40.2 Å². The molecule has 2 aliphatic carbocycles. The number of hydrogen-bond donors (Lipinski definition) is 0. The quantitative estimate of drug-likeness (QED) is 0.493. The Kier molecular flexibility index (Phi) is 2.96. The number of halogens is 1. The number of nitrogens with zero attached hydrogens (tertiary/aromatic N) is 1. The molecule has 1 aromatic heterocycles. The molecule has 3 aromatic rings. The van der Waals surface area contributed by atoms with Gasteiger partial charge in [0.15, 0.2) is 0 Å². The average Bonchev–Trinajstić information content (AvgIpc) is 2.59. The van der Waals surface area contributed by atoms with Crippen LogP contribution in [0, 0.1) is 0 Å². The van der Waals surface area contributed by atoms with Gasteiger partial charge in [-0.05, 0) is 65.8 Å². The summed E-state index contributed by atoms with van der Waals surface area (Å²) in [5.74, 6) is 0.615. The van der Waals surface area contributed by atoms with Gasteiger partial charge in [0.25, 0.3) is 0 Å². The Hall–Kier alpha value is -1.93. The molecule has 0 fully saturated rings. The fourth-order valence-corrected chi connectivity index (χ4v) is 4.41. The van der Waals surface area contributed by atoms with E-state index < -0.39 is 0 Å². The summed E-state index contributed by atoms with van der Waals surface area (Å²) in [6.45, 7) is 0. The highest BCUT2D eigenvalue weighted by molar-refractivity contribution is 9.10. The van der Waals surface area contributed by atoms with Gasteiger partial charge in [0.05, 0.1) is 5.52 Å². The fourth-order valence-electron chi connectivity index (χ4n) is 4.15. The Bertz CT molecular complexity index is 953. The predicted molar refractivity (Wildman–Crippen MR) is 99.4 cm³/mol. The maximum Gasteiger partial charge on any atom is 0.0783 e. The van der Waals surface area contributed by atoms with Gasteiger partial charge in [0.2, 0.25) is 0 Å². The molecule has 0 radical (unpaired) electrons. The summed E-state index contributed by atoms with van der Waals surface area (Å²) < 4.78 is 1.12. The van der Waals surface area contributed by atoms with Crippen molar-refractivity contribution in [1.82, 2.24) is 4.98 Å². The molecule has 2 heteroatoms. The smallest absolute Gasteiger partial charge is 0.0783 e. The van der Waals surface area contributed by atoms with Gasteiger partial charge in [-0.2, -0.15) is 0 Å².